The van der Waals surface area contributed by atoms with Crippen LogP contribution in [-0.4, -0.2) is 92.2 Å². The highest BCUT2D eigenvalue weighted by Crippen LogP contribution is 2.47. The van der Waals surface area contributed by atoms with Gasteiger partial charge < -0.3 is 14.7 Å². The number of likely N-dealkylation sites (N-methyl/N-ethyl adjacent to an activating group) is 1. The van der Waals surface area contributed by atoms with Crippen molar-refractivity contribution in [2.75, 3.05) is 57.8 Å². The number of sulfonamides is 1. The highest BCUT2D eigenvalue weighted by atomic mass is 35.5. The number of benzene rings is 1. The molecule has 3 aliphatic heterocycles. The Hall–Kier alpha value is -2.05. The zero-order valence-corrected chi connectivity index (χ0v) is 22.1. The number of piperazine rings is 1. The topological polar surface area (TPSA) is 94.1 Å². The Kier molecular flexibility index (Phi) is 6.41. The van der Waals surface area contributed by atoms with Crippen molar-refractivity contribution in [2.24, 2.45) is 0 Å². The standard InChI is InChI=1S/C23H28ClN5O4S2/c1-16(30)27-6-5-23(14-27)15-29(22(31)12-21-25-13-20(24)34-21)19-4-3-17(11-18(19)23)35(32,33)28-9-7-26(2)8-10-28/h3-4,11,13H,5-10,12,14-15H2,1-2H3. The molecular formula is C23H28ClN5O4S2. The summed E-state index contributed by atoms with van der Waals surface area (Å²) in [6.07, 6.45) is 2.32. The van der Waals surface area contributed by atoms with Crippen molar-refractivity contribution in [3.8, 4) is 0 Å². The van der Waals surface area contributed by atoms with E-state index < -0.39 is 15.4 Å². The smallest absolute Gasteiger partial charge is 0.243 e. The molecular weight excluding hydrogens is 510 g/mol. The summed E-state index contributed by atoms with van der Waals surface area (Å²) in [7, 11) is -1.69. The highest BCUT2D eigenvalue weighted by molar-refractivity contribution is 7.89. The van der Waals surface area contributed by atoms with Gasteiger partial charge in [-0.1, -0.05) is 11.6 Å². The number of thiazole rings is 1. The Morgan fingerprint density at radius 3 is 2.51 bits per heavy atom. The fraction of sp³-hybridized carbons (Fsp3) is 0.522. The predicted octanol–water partition coefficient (Wildman–Crippen LogP) is 1.81. The van der Waals surface area contributed by atoms with Crippen molar-refractivity contribution in [3.05, 3.63) is 39.3 Å². The lowest BCUT2D eigenvalue weighted by Gasteiger charge is -2.32. The van der Waals surface area contributed by atoms with Crippen LogP contribution < -0.4 is 4.90 Å². The van der Waals surface area contributed by atoms with E-state index in [2.05, 4.69) is 9.88 Å². The van der Waals surface area contributed by atoms with Gasteiger partial charge in [-0.05, 0) is 37.2 Å². The zero-order chi connectivity index (χ0) is 25.0. The number of nitrogens with zero attached hydrogens (tertiary/aromatic N) is 5. The molecule has 4 heterocycles. The van der Waals surface area contributed by atoms with E-state index in [9.17, 15) is 18.0 Å². The van der Waals surface area contributed by atoms with Gasteiger partial charge in [0.2, 0.25) is 21.8 Å². The third kappa shape index (κ3) is 4.48. The quantitative estimate of drug-likeness (QED) is 0.590. The average Bonchev–Trinajstić information content (AvgIpc) is 3.52. The van der Waals surface area contributed by atoms with Gasteiger partial charge in [-0.2, -0.15) is 4.31 Å². The minimum absolute atomic E-state index is 0.0214. The number of carbonyl (C=O) groups is 2. The molecule has 35 heavy (non-hydrogen) atoms. The first kappa shape index (κ1) is 24.6. The lowest BCUT2D eigenvalue weighted by molar-refractivity contribution is -0.127. The molecule has 2 fully saturated rings. The highest BCUT2D eigenvalue weighted by Gasteiger charge is 2.50. The second kappa shape index (κ2) is 9.11. The number of hydrogen-bond donors (Lipinski definition) is 0. The molecule has 2 saturated heterocycles. The monoisotopic (exact) mass is 537 g/mol. The van der Waals surface area contributed by atoms with Crippen molar-refractivity contribution in [3.63, 3.8) is 0 Å². The molecule has 1 atom stereocenters. The second-order valence-corrected chi connectivity index (χ2v) is 13.3. The summed E-state index contributed by atoms with van der Waals surface area (Å²) < 4.78 is 29.0. The van der Waals surface area contributed by atoms with Gasteiger partial charge >= 0.3 is 0 Å². The predicted molar refractivity (Wildman–Crippen MR) is 134 cm³/mol. The fourth-order valence-corrected chi connectivity index (χ4v) is 7.69. The molecule has 0 N–H and O–H groups in total. The van der Waals surface area contributed by atoms with Crippen LogP contribution in [0.25, 0.3) is 0 Å². The Morgan fingerprint density at radius 2 is 1.89 bits per heavy atom. The van der Waals surface area contributed by atoms with Gasteiger partial charge in [0, 0.05) is 63.8 Å². The molecule has 188 valence electrons. The van der Waals surface area contributed by atoms with Gasteiger partial charge in [-0.3, -0.25) is 9.59 Å². The summed E-state index contributed by atoms with van der Waals surface area (Å²) in [4.78, 5) is 35.5. The van der Waals surface area contributed by atoms with Crippen molar-refractivity contribution in [1.29, 1.82) is 0 Å². The van der Waals surface area contributed by atoms with Crippen LogP contribution >= 0.6 is 22.9 Å². The molecule has 1 spiro atoms. The van der Waals surface area contributed by atoms with Crippen LogP contribution in [0.3, 0.4) is 0 Å². The summed E-state index contributed by atoms with van der Waals surface area (Å²) in [5.41, 5.74) is 1.03. The van der Waals surface area contributed by atoms with Gasteiger partial charge in [0.15, 0.2) is 0 Å². The van der Waals surface area contributed by atoms with E-state index in [0.29, 0.717) is 67.3 Å². The number of carbonyl (C=O) groups excluding carboxylic acids is 2. The van der Waals surface area contributed by atoms with E-state index in [0.717, 1.165) is 5.56 Å². The number of hydrogen-bond acceptors (Lipinski definition) is 7. The first-order valence-electron chi connectivity index (χ1n) is 11.6. The van der Waals surface area contributed by atoms with Crippen molar-refractivity contribution < 1.29 is 18.0 Å². The van der Waals surface area contributed by atoms with Crippen LogP contribution in [0, 0.1) is 0 Å². The molecule has 1 aromatic heterocycles. The third-order valence-corrected chi connectivity index (χ3v) is 10.3. The fourth-order valence-electron chi connectivity index (χ4n) is 5.29. The van der Waals surface area contributed by atoms with Crippen LogP contribution in [0.4, 0.5) is 5.69 Å². The second-order valence-electron chi connectivity index (χ2n) is 9.57. The molecule has 0 aliphatic carbocycles. The van der Waals surface area contributed by atoms with Gasteiger partial charge in [0.05, 0.1) is 17.5 Å². The third-order valence-electron chi connectivity index (χ3n) is 7.32. The largest absolute Gasteiger partial charge is 0.342 e. The van der Waals surface area contributed by atoms with E-state index in [1.54, 1.807) is 28.0 Å². The summed E-state index contributed by atoms with van der Waals surface area (Å²) in [5, 5.41) is 0.633. The zero-order valence-electron chi connectivity index (χ0n) is 19.7. The number of fused-ring (bicyclic) bond motifs is 2. The maximum absolute atomic E-state index is 13.5. The molecule has 1 aromatic carbocycles. The molecule has 0 radical (unpaired) electrons. The Bertz CT molecular complexity index is 1270. The molecule has 3 aliphatic rings. The first-order valence-corrected chi connectivity index (χ1v) is 14.2. The number of anilines is 1. The lowest BCUT2D eigenvalue weighted by atomic mass is 9.81. The van der Waals surface area contributed by atoms with Crippen LogP contribution in [0.5, 0.6) is 0 Å². The van der Waals surface area contributed by atoms with Gasteiger partial charge in [0.25, 0.3) is 0 Å². The molecule has 1 unspecified atom stereocenters. The molecule has 0 bridgehead atoms. The van der Waals surface area contributed by atoms with Crippen LogP contribution in [-0.2, 0) is 31.4 Å². The van der Waals surface area contributed by atoms with Crippen molar-refractivity contribution in [2.45, 2.75) is 30.1 Å². The average molecular weight is 538 g/mol. The normalized spacial score (nSPS) is 23.3. The molecule has 0 saturated carbocycles. The molecule has 12 heteroatoms. The maximum atomic E-state index is 13.5. The van der Waals surface area contributed by atoms with Gasteiger partial charge in [-0.15, -0.1) is 11.3 Å². The Morgan fingerprint density at radius 1 is 1.14 bits per heavy atom. The Labute approximate surface area is 214 Å². The lowest BCUT2D eigenvalue weighted by Crippen LogP contribution is -2.47. The number of halogens is 1. The van der Waals surface area contributed by atoms with E-state index >= 15 is 0 Å². The summed E-state index contributed by atoms with van der Waals surface area (Å²) in [5.74, 6) is -0.142. The van der Waals surface area contributed by atoms with E-state index in [4.69, 9.17) is 11.6 Å². The minimum atomic E-state index is -3.67. The maximum Gasteiger partial charge on any atom is 0.243 e. The SMILES string of the molecule is CC(=O)N1CCC2(C1)CN(C(=O)Cc1ncc(Cl)s1)c1ccc(S(=O)(=O)N3CCN(C)CC3)cc12. The van der Waals surface area contributed by atoms with Crippen LogP contribution in [0.2, 0.25) is 4.34 Å². The van der Waals surface area contributed by atoms with E-state index in [1.165, 1.54) is 28.8 Å². The summed E-state index contributed by atoms with van der Waals surface area (Å²) in [6.45, 7) is 5.24. The summed E-state index contributed by atoms with van der Waals surface area (Å²) in [6, 6.07) is 5.08. The number of likely N-dealkylation sites (tertiary alicyclic amines) is 1. The minimum Gasteiger partial charge on any atom is -0.342 e. The van der Waals surface area contributed by atoms with Crippen molar-refractivity contribution in [1.82, 2.24) is 19.1 Å². The van der Waals surface area contributed by atoms with Crippen molar-refractivity contribution >= 4 is 50.5 Å². The number of rotatable bonds is 4. The molecule has 9 nitrogen and oxygen atoms in total. The van der Waals surface area contributed by atoms with Gasteiger partial charge in [0.1, 0.15) is 9.34 Å². The summed E-state index contributed by atoms with van der Waals surface area (Å²) >= 11 is 7.26. The van der Waals surface area contributed by atoms with Crippen LogP contribution in [0.1, 0.15) is 23.9 Å². The molecule has 2 amide bonds. The molecule has 2 aromatic rings. The first-order chi connectivity index (χ1) is 16.6. The van der Waals surface area contributed by atoms with Crippen LogP contribution in [0.15, 0.2) is 29.3 Å². The van der Waals surface area contributed by atoms with E-state index in [1.807, 2.05) is 7.05 Å². The van der Waals surface area contributed by atoms with Gasteiger partial charge in [-0.25, -0.2) is 13.4 Å². The number of amides is 2. The Balaban J connectivity index is 1.50. The molecule has 5 rings (SSSR count). The van der Waals surface area contributed by atoms with E-state index in [-0.39, 0.29) is 23.1 Å². The number of aromatic nitrogens is 1.